The number of para-hydroxylation sites is 1. The van der Waals surface area contributed by atoms with Crippen LogP contribution in [0.4, 0.5) is 0 Å². The molecule has 7 rings (SSSR count). The van der Waals surface area contributed by atoms with Gasteiger partial charge in [0.05, 0.1) is 29.2 Å². The molecule has 200 valence electrons. The van der Waals surface area contributed by atoms with Gasteiger partial charge in [0.1, 0.15) is 29.4 Å². The average molecular weight is 547 g/mol. The van der Waals surface area contributed by atoms with Crippen LogP contribution in [0.25, 0.3) is 11.0 Å². The number of benzene rings is 2. The third kappa shape index (κ3) is 4.17. The molecule has 3 aliphatic rings. The predicted molar refractivity (Wildman–Crippen MR) is 144 cm³/mol. The quantitative estimate of drug-likeness (QED) is 0.365. The molecule has 9 nitrogen and oxygen atoms in total. The SMILES string of the molecule is C[C@]1(c2ccc(Cl)cn2)Oc2cccc(C3CCN(Cc4nc5cc(C(=O)O)cc6c5n4CCO6)CC3)c2O1. The molecule has 0 unspecified atom stereocenters. The number of carbonyl (C=O) groups is 1. The van der Waals surface area contributed by atoms with Gasteiger partial charge in [-0.05, 0) is 62.2 Å². The number of carboxylic acid groups (broad SMARTS) is 1. The number of halogens is 1. The highest BCUT2D eigenvalue weighted by Gasteiger charge is 2.42. The van der Waals surface area contributed by atoms with Gasteiger partial charge < -0.3 is 23.9 Å². The lowest BCUT2D eigenvalue weighted by Crippen LogP contribution is -2.34. The Morgan fingerprint density at radius 1 is 1.13 bits per heavy atom. The van der Waals surface area contributed by atoms with Crippen LogP contribution in [0.3, 0.4) is 0 Å². The van der Waals surface area contributed by atoms with Crippen molar-refractivity contribution < 1.29 is 24.1 Å². The van der Waals surface area contributed by atoms with E-state index in [0.29, 0.717) is 47.6 Å². The second-order valence-corrected chi connectivity index (χ2v) is 10.8. The van der Waals surface area contributed by atoms with Crippen LogP contribution in [0.15, 0.2) is 48.7 Å². The number of rotatable bonds is 5. The number of hydrogen-bond donors (Lipinski definition) is 1. The van der Waals surface area contributed by atoms with E-state index in [-0.39, 0.29) is 5.56 Å². The van der Waals surface area contributed by atoms with Crippen molar-refractivity contribution >= 4 is 28.6 Å². The summed E-state index contributed by atoms with van der Waals surface area (Å²) in [4.78, 5) is 23.2. The first-order chi connectivity index (χ1) is 18.9. The van der Waals surface area contributed by atoms with E-state index < -0.39 is 11.8 Å². The molecule has 0 saturated carbocycles. The smallest absolute Gasteiger partial charge is 0.335 e. The monoisotopic (exact) mass is 546 g/mol. The van der Waals surface area contributed by atoms with Crippen LogP contribution in [0, 0.1) is 0 Å². The number of carboxylic acids is 1. The third-order valence-corrected chi connectivity index (χ3v) is 8.12. The number of likely N-dealkylation sites (tertiary alicyclic amines) is 1. The van der Waals surface area contributed by atoms with Crippen molar-refractivity contribution in [3.05, 3.63) is 76.3 Å². The number of pyridine rings is 1. The van der Waals surface area contributed by atoms with Crippen molar-refractivity contribution in [3.63, 3.8) is 0 Å². The largest absolute Gasteiger partial charge is 0.489 e. The van der Waals surface area contributed by atoms with Crippen molar-refractivity contribution in [3.8, 4) is 17.2 Å². The molecular weight excluding hydrogens is 520 g/mol. The molecule has 1 N–H and O–H groups in total. The number of ether oxygens (including phenoxy) is 3. The van der Waals surface area contributed by atoms with Crippen LogP contribution >= 0.6 is 11.6 Å². The standard InChI is InChI=1S/C29H27ClN4O5/c1-29(24-6-5-19(30)15-31-24)38-22-4-2-3-20(27(22)39-29)17-7-9-33(10-8-17)16-25-32-21-13-18(28(35)36)14-23-26(21)34(25)11-12-37-23/h2-6,13-15,17H,7-12,16H2,1H3,(H,35,36)/t29-/m0/s1. The zero-order chi connectivity index (χ0) is 26.7. The molecule has 0 spiro atoms. The maximum Gasteiger partial charge on any atom is 0.335 e. The first kappa shape index (κ1) is 24.2. The fourth-order valence-electron chi connectivity index (χ4n) is 5.94. The van der Waals surface area contributed by atoms with Crippen molar-refractivity contribution in [2.75, 3.05) is 19.7 Å². The minimum atomic E-state index is -1.00. The minimum Gasteiger partial charge on any atom is -0.489 e. The van der Waals surface area contributed by atoms with Crippen molar-refractivity contribution in [1.82, 2.24) is 19.4 Å². The fraction of sp³-hybridized carbons (Fsp3) is 0.345. The van der Waals surface area contributed by atoms with Crippen molar-refractivity contribution in [2.45, 2.75) is 44.6 Å². The van der Waals surface area contributed by atoms with E-state index in [9.17, 15) is 9.90 Å². The van der Waals surface area contributed by atoms with E-state index in [2.05, 4.69) is 20.5 Å². The van der Waals surface area contributed by atoms with E-state index in [4.69, 9.17) is 30.8 Å². The van der Waals surface area contributed by atoms with E-state index >= 15 is 0 Å². The Morgan fingerprint density at radius 3 is 2.74 bits per heavy atom. The summed E-state index contributed by atoms with van der Waals surface area (Å²) in [5, 5.41) is 10.0. The van der Waals surface area contributed by atoms with Gasteiger partial charge >= 0.3 is 5.97 Å². The molecule has 0 aliphatic carbocycles. The summed E-state index contributed by atoms with van der Waals surface area (Å²) in [6.07, 6.45) is 3.56. The molecule has 1 saturated heterocycles. The highest BCUT2D eigenvalue weighted by Crippen LogP contribution is 2.49. The molecule has 1 fully saturated rings. The Bertz CT molecular complexity index is 1600. The Kier molecular flexibility index (Phi) is 5.68. The Labute approximate surface area is 229 Å². The van der Waals surface area contributed by atoms with Crippen LogP contribution in [-0.2, 0) is 18.9 Å². The Morgan fingerprint density at radius 2 is 1.97 bits per heavy atom. The molecule has 2 aromatic carbocycles. The molecule has 5 heterocycles. The summed E-state index contributed by atoms with van der Waals surface area (Å²) in [6.45, 7) is 5.62. The van der Waals surface area contributed by atoms with Crippen LogP contribution in [0.2, 0.25) is 5.02 Å². The van der Waals surface area contributed by atoms with Gasteiger partial charge in [-0.3, -0.25) is 9.88 Å². The number of aromatic nitrogens is 3. The van der Waals surface area contributed by atoms with Crippen molar-refractivity contribution in [1.29, 1.82) is 0 Å². The molecule has 10 heteroatoms. The van der Waals surface area contributed by atoms with Gasteiger partial charge in [0.25, 0.3) is 5.79 Å². The number of imidazole rings is 1. The molecule has 39 heavy (non-hydrogen) atoms. The average Bonchev–Trinajstić information content (AvgIpc) is 3.48. The van der Waals surface area contributed by atoms with Gasteiger partial charge in [0.15, 0.2) is 11.5 Å². The summed E-state index contributed by atoms with van der Waals surface area (Å²) in [5.74, 6) is 1.42. The van der Waals surface area contributed by atoms with Gasteiger partial charge in [-0.1, -0.05) is 23.7 Å². The zero-order valence-corrected chi connectivity index (χ0v) is 22.1. The first-order valence-corrected chi connectivity index (χ1v) is 13.5. The highest BCUT2D eigenvalue weighted by molar-refractivity contribution is 6.30. The maximum absolute atomic E-state index is 11.6. The van der Waals surface area contributed by atoms with Crippen LogP contribution in [0.5, 0.6) is 17.2 Å². The topological polar surface area (TPSA) is 98.9 Å². The molecule has 0 amide bonds. The molecule has 4 aromatic rings. The number of fused-ring (bicyclic) bond motifs is 1. The minimum absolute atomic E-state index is 0.195. The van der Waals surface area contributed by atoms with E-state index in [1.807, 2.05) is 25.1 Å². The summed E-state index contributed by atoms with van der Waals surface area (Å²) in [5.41, 5.74) is 3.58. The number of piperidine rings is 1. The second-order valence-electron chi connectivity index (χ2n) is 10.4. The molecule has 0 radical (unpaired) electrons. The van der Waals surface area contributed by atoms with Gasteiger partial charge in [-0.15, -0.1) is 0 Å². The summed E-state index contributed by atoms with van der Waals surface area (Å²) < 4.78 is 20.6. The van der Waals surface area contributed by atoms with E-state index in [0.717, 1.165) is 54.3 Å². The predicted octanol–water partition coefficient (Wildman–Crippen LogP) is 5.20. The molecule has 2 aromatic heterocycles. The summed E-state index contributed by atoms with van der Waals surface area (Å²) >= 11 is 6.03. The zero-order valence-electron chi connectivity index (χ0n) is 21.4. The first-order valence-electron chi connectivity index (χ1n) is 13.1. The molecular formula is C29H27ClN4O5. The lowest BCUT2D eigenvalue weighted by molar-refractivity contribution is -0.0722. The highest BCUT2D eigenvalue weighted by atomic mass is 35.5. The van der Waals surface area contributed by atoms with E-state index in [1.54, 1.807) is 24.4 Å². The van der Waals surface area contributed by atoms with Gasteiger partial charge in [-0.25, -0.2) is 9.78 Å². The lowest BCUT2D eigenvalue weighted by atomic mass is 9.88. The van der Waals surface area contributed by atoms with Gasteiger partial charge in [0, 0.05) is 18.7 Å². The lowest BCUT2D eigenvalue weighted by Gasteiger charge is -2.32. The third-order valence-electron chi connectivity index (χ3n) is 7.90. The number of nitrogens with zero attached hydrogens (tertiary/aromatic N) is 4. The van der Waals surface area contributed by atoms with Gasteiger partial charge in [0.2, 0.25) is 0 Å². The fourth-order valence-corrected chi connectivity index (χ4v) is 6.05. The summed E-state index contributed by atoms with van der Waals surface area (Å²) in [6, 6.07) is 12.9. The molecule has 1 atom stereocenters. The molecule has 0 bridgehead atoms. The van der Waals surface area contributed by atoms with Gasteiger partial charge in [-0.2, -0.15) is 0 Å². The van der Waals surface area contributed by atoms with Crippen LogP contribution in [-0.4, -0.2) is 50.2 Å². The second kappa shape index (κ2) is 9.14. The van der Waals surface area contributed by atoms with Crippen LogP contribution < -0.4 is 14.2 Å². The summed E-state index contributed by atoms with van der Waals surface area (Å²) in [7, 11) is 0. The Hall–Kier alpha value is -3.82. The van der Waals surface area contributed by atoms with Crippen molar-refractivity contribution in [2.24, 2.45) is 0 Å². The Balaban J connectivity index is 1.08. The van der Waals surface area contributed by atoms with E-state index in [1.165, 1.54) is 0 Å². The normalized spacial score (nSPS) is 20.8. The number of hydrogen-bond acceptors (Lipinski definition) is 7. The number of aromatic carboxylic acids is 1. The molecule has 3 aliphatic heterocycles. The maximum atomic E-state index is 11.6. The van der Waals surface area contributed by atoms with Crippen LogP contribution in [0.1, 0.15) is 53.1 Å².